The van der Waals surface area contributed by atoms with Gasteiger partial charge >= 0.3 is 5.97 Å². The molecule has 1 heterocycles. The number of aromatic nitrogens is 1. The number of carboxylic acid groups (broad SMARTS) is 1. The first kappa shape index (κ1) is 25.1. The van der Waals surface area contributed by atoms with Crippen molar-refractivity contribution in [2.24, 2.45) is 4.99 Å². The summed E-state index contributed by atoms with van der Waals surface area (Å²) in [5.74, 6) is -1.38. The standard InChI is InChI=1S/C29H30FN3O3/c1-3-15-33(2)18-20-7-11-23(12-8-20)31-28(21-6-4-5-19(16-21)9-14-26(34)35)27-24-13-10-22(30)17-25(24)32-29(27)36/h4-8,10-13,16-17,32,36H,3,9,14-15,18H2,1-2H3,(H,34,35). The zero-order valence-corrected chi connectivity index (χ0v) is 20.5. The fraction of sp³-hybridized carbons (Fsp3) is 0.241. The quantitative estimate of drug-likeness (QED) is 0.238. The number of hydrogen-bond donors (Lipinski definition) is 3. The van der Waals surface area contributed by atoms with Gasteiger partial charge < -0.3 is 20.1 Å². The zero-order valence-electron chi connectivity index (χ0n) is 20.5. The summed E-state index contributed by atoms with van der Waals surface area (Å²) in [7, 11) is 2.09. The van der Waals surface area contributed by atoms with Crippen LogP contribution in [-0.4, -0.2) is 45.4 Å². The van der Waals surface area contributed by atoms with Gasteiger partial charge in [-0.05, 0) is 74.0 Å². The molecule has 0 fully saturated rings. The Morgan fingerprint density at radius 3 is 2.56 bits per heavy atom. The van der Waals surface area contributed by atoms with Gasteiger partial charge in [0.15, 0.2) is 5.88 Å². The van der Waals surface area contributed by atoms with Crippen LogP contribution in [0.25, 0.3) is 10.9 Å². The Morgan fingerprint density at radius 1 is 1.06 bits per heavy atom. The van der Waals surface area contributed by atoms with E-state index in [0.29, 0.717) is 34.3 Å². The summed E-state index contributed by atoms with van der Waals surface area (Å²) in [5, 5.41) is 20.6. The van der Waals surface area contributed by atoms with Gasteiger partial charge in [0.2, 0.25) is 0 Å². The average Bonchev–Trinajstić information content (AvgIpc) is 3.17. The molecule has 0 unspecified atom stereocenters. The van der Waals surface area contributed by atoms with Gasteiger partial charge in [-0.15, -0.1) is 0 Å². The van der Waals surface area contributed by atoms with E-state index in [9.17, 15) is 14.3 Å². The van der Waals surface area contributed by atoms with Crippen molar-refractivity contribution in [2.75, 3.05) is 13.6 Å². The number of fused-ring (bicyclic) bond motifs is 1. The molecule has 0 aliphatic rings. The van der Waals surface area contributed by atoms with E-state index >= 15 is 0 Å². The molecule has 36 heavy (non-hydrogen) atoms. The number of aryl methyl sites for hydroxylation is 1. The van der Waals surface area contributed by atoms with Crippen molar-refractivity contribution < 1.29 is 19.4 Å². The maximum atomic E-state index is 13.8. The maximum absolute atomic E-state index is 13.8. The van der Waals surface area contributed by atoms with Crippen molar-refractivity contribution in [3.05, 3.63) is 94.8 Å². The molecule has 0 radical (unpaired) electrons. The first-order valence-corrected chi connectivity index (χ1v) is 12.0. The van der Waals surface area contributed by atoms with E-state index in [1.165, 1.54) is 17.7 Å². The highest BCUT2D eigenvalue weighted by molar-refractivity contribution is 6.21. The SMILES string of the molecule is CCCN(C)Cc1ccc(N=C(c2cccc(CCC(=O)O)c2)c2c(O)[nH]c3cc(F)ccc23)cc1. The first-order chi connectivity index (χ1) is 17.3. The maximum Gasteiger partial charge on any atom is 0.303 e. The number of rotatable bonds is 10. The predicted octanol–water partition coefficient (Wildman–Crippen LogP) is 6.04. The lowest BCUT2D eigenvalue weighted by Crippen LogP contribution is -2.18. The lowest BCUT2D eigenvalue weighted by Gasteiger charge is -2.15. The van der Waals surface area contributed by atoms with Crippen LogP contribution in [0.4, 0.5) is 10.1 Å². The predicted molar refractivity (Wildman–Crippen MR) is 141 cm³/mol. The number of nitrogens with zero attached hydrogens (tertiary/aromatic N) is 2. The Hall–Kier alpha value is -3.97. The highest BCUT2D eigenvalue weighted by Crippen LogP contribution is 2.32. The molecule has 0 saturated heterocycles. The Labute approximate surface area is 209 Å². The second-order valence-electron chi connectivity index (χ2n) is 9.00. The molecule has 1 aromatic heterocycles. The molecule has 7 heteroatoms. The fourth-order valence-electron chi connectivity index (χ4n) is 4.36. The van der Waals surface area contributed by atoms with Crippen LogP contribution in [0.1, 0.15) is 42.0 Å². The van der Waals surface area contributed by atoms with Crippen molar-refractivity contribution in [2.45, 2.75) is 32.7 Å². The van der Waals surface area contributed by atoms with Crippen molar-refractivity contribution in [1.82, 2.24) is 9.88 Å². The van der Waals surface area contributed by atoms with Gasteiger partial charge in [0.05, 0.1) is 22.5 Å². The molecular weight excluding hydrogens is 457 g/mol. The van der Waals surface area contributed by atoms with Crippen LogP contribution < -0.4 is 0 Å². The highest BCUT2D eigenvalue weighted by Gasteiger charge is 2.19. The average molecular weight is 488 g/mol. The number of H-pyrrole nitrogens is 1. The molecule has 186 valence electrons. The van der Waals surface area contributed by atoms with Crippen molar-refractivity contribution in [3.63, 3.8) is 0 Å². The fourth-order valence-corrected chi connectivity index (χ4v) is 4.36. The number of nitrogens with one attached hydrogen (secondary N) is 1. The molecule has 4 aromatic rings. The molecule has 3 N–H and O–H groups in total. The minimum absolute atomic E-state index is 0.0154. The lowest BCUT2D eigenvalue weighted by molar-refractivity contribution is -0.136. The molecule has 0 amide bonds. The van der Waals surface area contributed by atoms with Crippen molar-refractivity contribution in [1.29, 1.82) is 0 Å². The normalized spacial score (nSPS) is 11.9. The summed E-state index contributed by atoms with van der Waals surface area (Å²) in [5.41, 5.74) is 4.90. The first-order valence-electron chi connectivity index (χ1n) is 12.0. The number of aromatic hydroxyl groups is 1. The highest BCUT2D eigenvalue weighted by atomic mass is 19.1. The van der Waals surface area contributed by atoms with E-state index in [-0.39, 0.29) is 12.3 Å². The van der Waals surface area contributed by atoms with Crippen LogP contribution in [0.5, 0.6) is 5.88 Å². The van der Waals surface area contributed by atoms with Crippen LogP contribution >= 0.6 is 0 Å². The minimum Gasteiger partial charge on any atom is -0.494 e. The number of benzene rings is 3. The van der Waals surface area contributed by atoms with Crippen LogP contribution in [0.2, 0.25) is 0 Å². The van der Waals surface area contributed by atoms with Crippen LogP contribution in [-0.2, 0) is 17.8 Å². The molecule has 0 aliphatic carbocycles. The summed E-state index contributed by atoms with van der Waals surface area (Å²) in [4.78, 5) is 21.1. The van der Waals surface area contributed by atoms with E-state index in [4.69, 9.17) is 10.1 Å². The number of aliphatic carboxylic acids is 1. The molecule has 3 aromatic carbocycles. The van der Waals surface area contributed by atoms with Gasteiger partial charge in [0, 0.05) is 23.9 Å². The lowest BCUT2D eigenvalue weighted by atomic mass is 9.97. The van der Waals surface area contributed by atoms with Gasteiger partial charge in [-0.3, -0.25) is 4.79 Å². The molecule has 0 saturated carbocycles. The molecule has 6 nitrogen and oxygen atoms in total. The molecule has 0 atom stereocenters. The van der Waals surface area contributed by atoms with Gasteiger partial charge in [0.1, 0.15) is 5.82 Å². The summed E-state index contributed by atoms with van der Waals surface area (Å²) >= 11 is 0. The molecular formula is C29H30FN3O3. The smallest absolute Gasteiger partial charge is 0.303 e. The second-order valence-corrected chi connectivity index (χ2v) is 9.00. The largest absolute Gasteiger partial charge is 0.494 e. The van der Waals surface area contributed by atoms with E-state index in [0.717, 1.165) is 30.6 Å². The van der Waals surface area contributed by atoms with Gasteiger partial charge in [-0.2, -0.15) is 0 Å². The van der Waals surface area contributed by atoms with Gasteiger partial charge in [-0.25, -0.2) is 9.38 Å². The number of halogens is 1. The number of hydrogen-bond acceptors (Lipinski definition) is 4. The second kappa shape index (κ2) is 11.2. The van der Waals surface area contributed by atoms with Gasteiger partial charge in [0.25, 0.3) is 0 Å². The summed E-state index contributed by atoms with van der Waals surface area (Å²) < 4.78 is 13.8. The minimum atomic E-state index is -0.865. The number of aromatic amines is 1. The Bertz CT molecular complexity index is 1390. The third-order valence-electron chi connectivity index (χ3n) is 6.04. The van der Waals surface area contributed by atoms with Crippen LogP contribution in [0.3, 0.4) is 0 Å². The number of aliphatic imine (C=N–C) groups is 1. The Kier molecular flexibility index (Phi) is 7.80. The van der Waals surface area contributed by atoms with Crippen molar-refractivity contribution >= 4 is 28.3 Å². The molecule has 4 rings (SSSR count). The van der Waals surface area contributed by atoms with Crippen LogP contribution in [0.15, 0.2) is 71.7 Å². The Morgan fingerprint density at radius 2 is 1.83 bits per heavy atom. The summed E-state index contributed by atoms with van der Waals surface area (Å²) in [6.07, 6.45) is 1.48. The topological polar surface area (TPSA) is 88.9 Å². The van der Waals surface area contributed by atoms with Crippen molar-refractivity contribution in [3.8, 4) is 5.88 Å². The van der Waals surface area contributed by atoms with Gasteiger partial charge in [-0.1, -0.05) is 37.3 Å². The summed E-state index contributed by atoms with van der Waals surface area (Å²) in [6, 6.07) is 19.7. The number of carbonyl (C=O) groups is 1. The third-order valence-corrected chi connectivity index (χ3v) is 6.04. The Balaban J connectivity index is 1.79. The molecule has 0 spiro atoms. The van der Waals surface area contributed by atoms with Crippen LogP contribution in [0, 0.1) is 5.82 Å². The molecule has 0 bridgehead atoms. The third kappa shape index (κ3) is 5.98. The van der Waals surface area contributed by atoms with E-state index in [2.05, 4.69) is 23.9 Å². The van der Waals surface area contributed by atoms with E-state index in [1.807, 2.05) is 48.5 Å². The number of carboxylic acids is 1. The summed E-state index contributed by atoms with van der Waals surface area (Å²) in [6.45, 7) is 4.01. The van der Waals surface area contributed by atoms with E-state index in [1.54, 1.807) is 6.07 Å². The molecule has 0 aliphatic heterocycles. The monoisotopic (exact) mass is 487 g/mol. The van der Waals surface area contributed by atoms with E-state index < -0.39 is 11.8 Å². The zero-order chi connectivity index (χ0) is 25.7.